The minimum atomic E-state index is -0.0266. The molecule has 2 heteroatoms. The number of allylic oxidation sites excluding steroid dienone is 2. The molecule has 0 aromatic rings. The Morgan fingerprint density at radius 3 is 3.00 bits per heavy atom. The number of rotatable bonds is 2. The number of ether oxygens (including phenoxy) is 1. The third kappa shape index (κ3) is 2.36. The van der Waals surface area contributed by atoms with Crippen LogP contribution in [0.25, 0.3) is 0 Å². The Labute approximate surface area is 73.6 Å². The minimum absolute atomic E-state index is 0.0266. The first kappa shape index (κ1) is 9.30. The van der Waals surface area contributed by atoms with Crippen molar-refractivity contribution in [2.45, 2.75) is 33.1 Å². The topological polar surface area (TPSA) is 26.3 Å². The average molecular weight is 168 g/mol. The van der Waals surface area contributed by atoms with Crippen LogP contribution in [-0.4, -0.2) is 12.6 Å². The molecule has 1 atom stereocenters. The zero-order chi connectivity index (χ0) is 8.97. The molecule has 2 nitrogen and oxygen atoms in total. The fraction of sp³-hybridized carbons (Fsp3) is 0.700. The van der Waals surface area contributed by atoms with Crippen molar-refractivity contribution in [2.24, 2.45) is 5.92 Å². The van der Waals surface area contributed by atoms with E-state index >= 15 is 0 Å². The molecule has 0 aliphatic heterocycles. The van der Waals surface area contributed by atoms with Crippen molar-refractivity contribution in [3.63, 3.8) is 0 Å². The Hall–Kier alpha value is -0.790. The summed E-state index contributed by atoms with van der Waals surface area (Å²) in [5.41, 5.74) is 1.40. The highest BCUT2D eigenvalue weighted by Gasteiger charge is 2.20. The van der Waals surface area contributed by atoms with Crippen molar-refractivity contribution in [1.82, 2.24) is 0 Å². The lowest BCUT2D eigenvalue weighted by atomic mass is 9.90. The van der Waals surface area contributed by atoms with Gasteiger partial charge < -0.3 is 4.74 Å². The van der Waals surface area contributed by atoms with Gasteiger partial charge in [-0.2, -0.15) is 0 Å². The van der Waals surface area contributed by atoms with Gasteiger partial charge in [-0.3, -0.25) is 4.79 Å². The zero-order valence-corrected chi connectivity index (χ0v) is 7.80. The van der Waals surface area contributed by atoms with Crippen LogP contribution in [0.3, 0.4) is 0 Å². The molecule has 0 spiro atoms. The number of hydrogen-bond donors (Lipinski definition) is 0. The van der Waals surface area contributed by atoms with Gasteiger partial charge in [0.2, 0.25) is 0 Å². The average Bonchev–Trinajstić information content (AvgIpc) is 2.06. The van der Waals surface area contributed by atoms with Crippen LogP contribution < -0.4 is 0 Å². The third-order valence-electron chi connectivity index (χ3n) is 2.26. The second-order valence-electron chi connectivity index (χ2n) is 3.27. The van der Waals surface area contributed by atoms with Crippen molar-refractivity contribution in [3.05, 3.63) is 11.6 Å². The van der Waals surface area contributed by atoms with E-state index in [4.69, 9.17) is 4.74 Å². The number of esters is 1. The van der Waals surface area contributed by atoms with Gasteiger partial charge >= 0.3 is 5.97 Å². The van der Waals surface area contributed by atoms with Crippen molar-refractivity contribution < 1.29 is 9.53 Å². The standard InChI is InChI=1S/C10H16O2/c1-3-12-10(11)9-6-4-8(2)5-7-9/h4,9H,3,5-7H2,1-2H3/t9-/m1/s1. The maximum absolute atomic E-state index is 11.3. The number of hydrogen-bond acceptors (Lipinski definition) is 2. The van der Waals surface area contributed by atoms with Gasteiger partial charge in [0, 0.05) is 0 Å². The Bertz CT molecular complexity index is 194. The van der Waals surface area contributed by atoms with Crippen LogP contribution in [0.5, 0.6) is 0 Å². The lowest BCUT2D eigenvalue weighted by molar-refractivity contribution is -0.148. The maximum Gasteiger partial charge on any atom is 0.309 e. The van der Waals surface area contributed by atoms with Crippen LogP contribution in [-0.2, 0) is 9.53 Å². The summed E-state index contributed by atoms with van der Waals surface area (Å²) >= 11 is 0. The van der Waals surface area contributed by atoms with Gasteiger partial charge in [-0.05, 0) is 33.1 Å². The van der Waals surface area contributed by atoms with Crippen LogP contribution in [0.4, 0.5) is 0 Å². The van der Waals surface area contributed by atoms with E-state index in [0.29, 0.717) is 6.61 Å². The zero-order valence-electron chi connectivity index (χ0n) is 7.80. The lowest BCUT2D eigenvalue weighted by Gasteiger charge is -2.18. The van der Waals surface area contributed by atoms with E-state index in [2.05, 4.69) is 13.0 Å². The number of carbonyl (C=O) groups excluding carboxylic acids is 1. The van der Waals surface area contributed by atoms with Gasteiger partial charge in [-0.1, -0.05) is 11.6 Å². The first-order valence-electron chi connectivity index (χ1n) is 4.56. The summed E-state index contributed by atoms with van der Waals surface area (Å²) in [5, 5.41) is 0. The van der Waals surface area contributed by atoms with Crippen LogP contribution in [0.2, 0.25) is 0 Å². The fourth-order valence-corrected chi connectivity index (χ4v) is 1.44. The van der Waals surface area contributed by atoms with E-state index in [-0.39, 0.29) is 11.9 Å². The first-order valence-corrected chi connectivity index (χ1v) is 4.56. The van der Waals surface area contributed by atoms with Gasteiger partial charge in [0.25, 0.3) is 0 Å². The Morgan fingerprint density at radius 1 is 1.75 bits per heavy atom. The Balaban J connectivity index is 2.40. The molecule has 0 bridgehead atoms. The van der Waals surface area contributed by atoms with Crippen molar-refractivity contribution in [3.8, 4) is 0 Å². The highest BCUT2D eigenvalue weighted by atomic mass is 16.5. The quantitative estimate of drug-likeness (QED) is 0.467. The minimum Gasteiger partial charge on any atom is -0.466 e. The van der Waals surface area contributed by atoms with E-state index in [1.807, 2.05) is 6.92 Å². The second-order valence-corrected chi connectivity index (χ2v) is 3.27. The SMILES string of the molecule is CCOC(=O)[C@@H]1CC=C(C)CC1. The molecule has 0 fully saturated rings. The van der Waals surface area contributed by atoms with Gasteiger partial charge in [-0.25, -0.2) is 0 Å². The van der Waals surface area contributed by atoms with Crippen LogP contribution in [0.15, 0.2) is 11.6 Å². The summed E-state index contributed by atoms with van der Waals surface area (Å²) in [6.07, 6.45) is 5.01. The number of carbonyl (C=O) groups is 1. The van der Waals surface area contributed by atoms with E-state index in [0.717, 1.165) is 19.3 Å². The first-order chi connectivity index (χ1) is 5.74. The predicted octanol–water partition coefficient (Wildman–Crippen LogP) is 2.30. The van der Waals surface area contributed by atoms with Gasteiger partial charge in [-0.15, -0.1) is 0 Å². The molecule has 0 radical (unpaired) electrons. The second kappa shape index (κ2) is 4.29. The molecule has 68 valence electrons. The molecule has 1 rings (SSSR count). The highest BCUT2D eigenvalue weighted by Crippen LogP contribution is 2.23. The molecule has 12 heavy (non-hydrogen) atoms. The van der Waals surface area contributed by atoms with Gasteiger partial charge in [0.1, 0.15) is 0 Å². The summed E-state index contributed by atoms with van der Waals surface area (Å²) in [6, 6.07) is 0. The van der Waals surface area contributed by atoms with Crippen molar-refractivity contribution in [1.29, 1.82) is 0 Å². The molecule has 0 N–H and O–H groups in total. The molecule has 0 amide bonds. The molecule has 1 aliphatic carbocycles. The third-order valence-corrected chi connectivity index (χ3v) is 2.26. The molecule has 0 saturated carbocycles. The molecule has 1 aliphatic rings. The molecule has 0 aromatic heterocycles. The van der Waals surface area contributed by atoms with E-state index in [1.165, 1.54) is 5.57 Å². The normalized spacial score (nSPS) is 23.2. The molecule has 0 unspecified atom stereocenters. The maximum atomic E-state index is 11.3. The highest BCUT2D eigenvalue weighted by molar-refractivity contribution is 5.72. The molecule has 0 aromatic carbocycles. The summed E-state index contributed by atoms with van der Waals surface area (Å²) in [7, 11) is 0. The van der Waals surface area contributed by atoms with Crippen molar-refractivity contribution in [2.75, 3.05) is 6.61 Å². The van der Waals surface area contributed by atoms with Crippen LogP contribution in [0, 0.1) is 5.92 Å². The Kier molecular flexibility index (Phi) is 3.32. The van der Waals surface area contributed by atoms with Crippen LogP contribution >= 0.6 is 0 Å². The smallest absolute Gasteiger partial charge is 0.309 e. The molecule has 0 heterocycles. The monoisotopic (exact) mass is 168 g/mol. The largest absolute Gasteiger partial charge is 0.466 e. The predicted molar refractivity (Wildman–Crippen MR) is 47.7 cm³/mol. The Morgan fingerprint density at radius 2 is 2.50 bits per heavy atom. The lowest BCUT2D eigenvalue weighted by Crippen LogP contribution is -2.19. The summed E-state index contributed by atoms with van der Waals surface area (Å²) < 4.78 is 4.95. The van der Waals surface area contributed by atoms with Crippen LogP contribution in [0.1, 0.15) is 33.1 Å². The van der Waals surface area contributed by atoms with Gasteiger partial charge in [0.15, 0.2) is 0 Å². The summed E-state index contributed by atoms with van der Waals surface area (Å²) in [4.78, 5) is 11.3. The van der Waals surface area contributed by atoms with Crippen molar-refractivity contribution >= 4 is 5.97 Å². The molecular weight excluding hydrogens is 152 g/mol. The van der Waals surface area contributed by atoms with Gasteiger partial charge in [0.05, 0.1) is 12.5 Å². The molecule has 0 saturated heterocycles. The summed E-state index contributed by atoms with van der Waals surface area (Å²) in [6.45, 7) is 4.46. The summed E-state index contributed by atoms with van der Waals surface area (Å²) in [5.74, 6) is 0.0925. The fourth-order valence-electron chi connectivity index (χ4n) is 1.44. The molecular formula is C10H16O2. The van der Waals surface area contributed by atoms with E-state index in [1.54, 1.807) is 0 Å². The van der Waals surface area contributed by atoms with E-state index < -0.39 is 0 Å². The van der Waals surface area contributed by atoms with E-state index in [9.17, 15) is 4.79 Å².